The third-order valence-corrected chi connectivity index (χ3v) is 3.86. The van der Waals surface area contributed by atoms with E-state index in [1.807, 2.05) is 0 Å². The van der Waals surface area contributed by atoms with Gasteiger partial charge in [0.25, 0.3) is 0 Å². The molecule has 0 aromatic carbocycles. The van der Waals surface area contributed by atoms with Crippen LogP contribution in [0.5, 0.6) is 0 Å². The summed E-state index contributed by atoms with van der Waals surface area (Å²) in [6.07, 6.45) is 3.84. The Hall–Kier alpha value is -0.870. The van der Waals surface area contributed by atoms with Crippen molar-refractivity contribution in [2.45, 2.75) is 45.7 Å². The molecule has 4 heteroatoms. The van der Waals surface area contributed by atoms with E-state index < -0.39 is 0 Å². The zero-order chi connectivity index (χ0) is 13.0. The van der Waals surface area contributed by atoms with Crippen LogP contribution < -0.4 is 5.32 Å². The zero-order valence-electron chi connectivity index (χ0n) is 11.9. The molecule has 1 aromatic rings. The summed E-state index contributed by atoms with van der Waals surface area (Å²) < 4.78 is 2.13. The number of hydrogen-bond donors (Lipinski definition) is 1. The van der Waals surface area contributed by atoms with Crippen LogP contribution in [0.2, 0.25) is 0 Å². The van der Waals surface area contributed by atoms with Gasteiger partial charge in [0.05, 0.1) is 5.69 Å². The van der Waals surface area contributed by atoms with E-state index in [9.17, 15) is 0 Å². The summed E-state index contributed by atoms with van der Waals surface area (Å²) in [5.41, 5.74) is 2.40. The lowest BCUT2D eigenvalue weighted by molar-refractivity contribution is 0.190. The summed E-state index contributed by atoms with van der Waals surface area (Å²) in [5.74, 6) is 0. The molecule has 1 unspecified atom stereocenters. The van der Waals surface area contributed by atoms with E-state index in [2.05, 4.69) is 47.0 Å². The van der Waals surface area contributed by atoms with Crippen LogP contribution in [0.1, 0.15) is 30.7 Å². The number of piperidine rings is 1. The number of aryl methyl sites for hydroxylation is 3. The van der Waals surface area contributed by atoms with Gasteiger partial charge in [-0.05, 0) is 59.3 Å². The standard InChI is InChI=1S/C14H26N4/c1-12-10-13(2)18(16-12)9-5-8-17-7-4-6-14(11-17)15-3/h10,14-15H,4-9,11H2,1-3H3. The van der Waals surface area contributed by atoms with Gasteiger partial charge in [-0.2, -0.15) is 5.10 Å². The lowest BCUT2D eigenvalue weighted by Crippen LogP contribution is -2.44. The molecule has 0 bridgehead atoms. The first kappa shape index (κ1) is 13.6. The highest BCUT2D eigenvalue weighted by Gasteiger charge is 2.17. The second-order valence-corrected chi connectivity index (χ2v) is 5.43. The Kier molecular flexibility index (Phi) is 4.78. The van der Waals surface area contributed by atoms with E-state index in [0.29, 0.717) is 6.04 Å². The molecule has 1 aliphatic rings. The molecular formula is C14H26N4. The second-order valence-electron chi connectivity index (χ2n) is 5.43. The molecule has 18 heavy (non-hydrogen) atoms. The lowest BCUT2D eigenvalue weighted by Gasteiger charge is -2.32. The summed E-state index contributed by atoms with van der Waals surface area (Å²) in [5, 5.41) is 7.91. The van der Waals surface area contributed by atoms with E-state index in [1.54, 1.807) is 0 Å². The summed E-state index contributed by atoms with van der Waals surface area (Å²) in [7, 11) is 2.07. The Morgan fingerprint density at radius 3 is 2.89 bits per heavy atom. The van der Waals surface area contributed by atoms with Gasteiger partial charge in [-0.15, -0.1) is 0 Å². The molecule has 1 atom stereocenters. The van der Waals surface area contributed by atoms with Crippen LogP contribution >= 0.6 is 0 Å². The van der Waals surface area contributed by atoms with Gasteiger partial charge in [0.2, 0.25) is 0 Å². The van der Waals surface area contributed by atoms with Crippen LogP contribution in [-0.4, -0.2) is 47.4 Å². The smallest absolute Gasteiger partial charge is 0.0596 e. The fourth-order valence-electron chi connectivity index (χ4n) is 2.84. The van der Waals surface area contributed by atoms with Crippen LogP contribution in [0.4, 0.5) is 0 Å². The first-order valence-electron chi connectivity index (χ1n) is 7.09. The number of likely N-dealkylation sites (N-methyl/N-ethyl adjacent to an activating group) is 1. The molecule has 1 fully saturated rings. The van der Waals surface area contributed by atoms with Gasteiger partial charge in [-0.3, -0.25) is 4.68 Å². The second kappa shape index (κ2) is 6.34. The molecule has 0 saturated carbocycles. The maximum atomic E-state index is 4.51. The molecular weight excluding hydrogens is 224 g/mol. The Morgan fingerprint density at radius 1 is 1.39 bits per heavy atom. The molecule has 1 aromatic heterocycles. The van der Waals surface area contributed by atoms with Crippen LogP contribution in [0, 0.1) is 13.8 Å². The molecule has 0 radical (unpaired) electrons. The Morgan fingerprint density at radius 2 is 2.22 bits per heavy atom. The molecule has 1 aliphatic heterocycles. The molecule has 2 rings (SSSR count). The summed E-state index contributed by atoms with van der Waals surface area (Å²) in [6.45, 7) is 8.89. The Bertz CT molecular complexity index is 372. The van der Waals surface area contributed by atoms with Gasteiger partial charge in [0.15, 0.2) is 0 Å². The van der Waals surface area contributed by atoms with E-state index in [4.69, 9.17) is 0 Å². The van der Waals surface area contributed by atoms with Gasteiger partial charge in [0.1, 0.15) is 0 Å². The third-order valence-electron chi connectivity index (χ3n) is 3.86. The molecule has 102 valence electrons. The number of nitrogens with one attached hydrogen (secondary N) is 1. The summed E-state index contributed by atoms with van der Waals surface area (Å²) in [6, 6.07) is 2.84. The first-order chi connectivity index (χ1) is 8.69. The Balaban J connectivity index is 1.73. The van der Waals surface area contributed by atoms with Crippen LogP contribution in [0.3, 0.4) is 0 Å². The molecule has 1 N–H and O–H groups in total. The van der Waals surface area contributed by atoms with Crippen molar-refractivity contribution in [3.05, 3.63) is 17.5 Å². The number of likely N-dealkylation sites (tertiary alicyclic amines) is 1. The van der Waals surface area contributed by atoms with Crippen molar-refractivity contribution in [3.63, 3.8) is 0 Å². The van der Waals surface area contributed by atoms with Crippen molar-refractivity contribution < 1.29 is 0 Å². The van der Waals surface area contributed by atoms with E-state index in [1.165, 1.54) is 44.6 Å². The SMILES string of the molecule is CNC1CCCN(CCCn2nc(C)cc2C)C1. The quantitative estimate of drug-likeness (QED) is 0.861. The number of aromatic nitrogens is 2. The number of hydrogen-bond acceptors (Lipinski definition) is 3. The first-order valence-corrected chi connectivity index (χ1v) is 7.09. The predicted molar refractivity (Wildman–Crippen MR) is 74.8 cm³/mol. The zero-order valence-corrected chi connectivity index (χ0v) is 11.9. The predicted octanol–water partition coefficient (Wildman–Crippen LogP) is 1.57. The molecule has 4 nitrogen and oxygen atoms in total. The lowest BCUT2D eigenvalue weighted by atomic mass is 10.1. The van der Waals surface area contributed by atoms with Crippen molar-refractivity contribution in [3.8, 4) is 0 Å². The maximum absolute atomic E-state index is 4.51. The van der Waals surface area contributed by atoms with Crippen molar-refractivity contribution in [2.75, 3.05) is 26.7 Å². The average molecular weight is 250 g/mol. The molecule has 0 spiro atoms. The minimum atomic E-state index is 0.687. The van der Waals surface area contributed by atoms with E-state index >= 15 is 0 Å². The minimum Gasteiger partial charge on any atom is -0.316 e. The largest absolute Gasteiger partial charge is 0.316 e. The van der Waals surface area contributed by atoms with Crippen molar-refractivity contribution in [2.24, 2.45) is 0 Å². The van der Waals surface area contributed by atoms with Crippen LogP contribution in [-0.2, 0) is 6.54 Å². The van der Waals surface area contributed by atoms with Gasteiger partial charge in [-0.25, -0.2) is 0 Å². The number of rotatable bonds is 5. The Labute approximate surface area is 110 Å². The van der Waals surface area contributed by atoms with E-state index in [0.717, 1.165) is 12.2 Å². The highest BCUT2D eigenvalue weighted by molar-refractivity contribution is 5.06. The minimum absolute atomic E-state index is 0.687. The molecule has 0 amide bonds. The summed E-state index contributed by atoms with van der Waals surface area (Å²) >= 11 is 0. The third kappa shape index (κ3) is 3.56. The maximum Gasteiger partial charge on any atom is 0.0596 e. The topological polar surface area (TPSA) is 33.1 Å². The normalized spacial score (nSPS) is 21.4. The summed E-state index contributed by atoms with van der Waals surface area (Å²) in [4.78, 5) is 2.58. The number of nitrogens with zero attached hydrogens (tertiary/aromatic N) is 3. The van der Waals surface area contributed by atoms with Gasteiger partial charge >= 0.3 is 0 Å². The van der Waals surface area contributed by atoms with Crippen LogP contribution in [0.15, 0.2) is 6.07 Å². The molecule has 1 saturated heterocycles. The fraction of sp³-hybridized carbons (Fsp3) is 0.786. The highest BCUT2D eigenvalue weighted by Crippen LogP contribution is 2.10. The van der Waals surface area contributed by atoms with Crippen molar-refractivity contribution in [1.82, 2.24) is 20.0 Å². The van der Waals surface area contributed by atoms with Crippen molar-refractivity contribution in [1.29, 1.82) is 0 Å². The molecule has 0 aliphatic carbocycles. The van der Waals surface area contributed by atoms with Gasteiger partial charge in [0, 0.05) is 24.8 Å². The average Bonchev–Trinajstić information content (AvgIpc) is 2.68. The highest BCUT2D eigenvalue weighted by atomic mass is 15.3. The van der Waals surface area contributed by atoms with Crippen molar-refractivity contribution >= 4 is 0 Å². The fourth-order valence-corrected chi connectivity index (χ4v) is 2.84. The van der Waals surface area contributed by atoms with E-state index in [-0.39, 0.29) is 0 Å². The molecule has 2 heterocycles. The van der Waals surface area contributed by atoms with Crippen LogP contribution in [0.25, 0.3) is 0 Å². The van der Waals surface area contributed by atoms with Gasteiger partial charge in [-0.1, -0.05) is 0 Å². The van der Waals surface area contributed by atoms with Gasteiger partial charge < -0.3 is 10.2 Å². The monoisotopic (exact) mass is 250 g/mol.